The van der Waals surface area contributed by atoms with Crippen molar-refractivity contribution >= 4 is 23.7 Å². The Hall–Kier alpha value is -2.37. The third-order valence-corrected chi connectivity index (χ3v) is 4.52. The van der Waals surface area contributed by atoms with E-state index < -0.39 is 0 Å². The lowest BCUT2D eigenvalue weighted by molar-refractivity contribution is 0.793. The molecule has 0 bridgehead atoms. The van der Waals surface area contributed by atoms with Crippen molar-refractivity contribution in [2.75, 3.05) is 18.4 Å². The first-order valence-electron chi connectivity index (χ1n) is 8.28. The zero-order valence-corrected chi connectivity index (χ0v) is 14.8. The van der Waals surface area contributed by atoms with Gasteiger partial charge in [-0.25, -0.2) is 4.98 Å². The average molecular weight is 357 g/mol. The number of rotatable bonds is 3. The molecular weight excluding hydrogens is 336 g/mol. The third kappa shape index (κ3) is 3.38. The summed E-state index contributed by atoms with van der Waals surface area (Å²) >= 11 is 0. The Kier molecular flexibility index (Phi) is 5.06. The molecule has 1 saturated heterocycles. The number of nitrogens with zero attached hydrogens (tertiary/aromatic N) is 2. The van der Waals surface area contributed by atoms with E-state index in [1.807, 2.05) is 49.4 Å². The first-order chi connectivity index (χ1) is 11.7. The monoisotopic (exact) mass is 356 g/mol. The number of benzene rings is 1. The minimum atomic E-state index is -0.0289. The van der Waals surface area contributed by atoms with Crippen molar-refractivity contribution in [3.05, 3.63) is 64.7 Å². The van der Waals surface area contributed by atoms with Crippen LogP contribution in [0.5, 0.6) is 0 Å². The van der Waals surface area contributed by atoms with E-state index in [1.165, 1.54) is 0 Å². The molecule has 4 rings (SSSR count). The average Bonchev–Trinajstić information content (AvgIpc) is 3.09. The highest BCUT2D eigenvalue weighted by molar-refractivity contribution is 5.85. The summed E-state index contributed by atoms with van der Waals surface area (Å²) in [5.74, 6) is 0. The summed E-state index contributed by atoms with van der Waals surface area (Å²) in [5, 5.41) is 6.86. The smallest absolute Gasteiger partial charge is 0.265 e. The zero-order valence-electron chi connectivity index (χ0n) is 14.0. The molecule has 0 amide bonds. The van der Waals surface area contributed by atoms with Gasteiger partial charge in [0.15, 0.2) is 0 Å². The molecule has 1 aliphatic heterocycles. The van der Waals surface area contributed by atoms with E-state index in [-0.39, 0.29) is 18.0 Å². The summed E-state index contributed by atoms with van der Waals surface area (Å²) in [6.45, 7) is 3.95. The van der Waals surface area contributed by atoms with E-state index in [9.17, 15) is 4.79 Å². The minimum Gasteiger partial charge on any atom is -0.381 e. The fraction of sp³-hybridized carbons (Fsp3) is 0.263. The van der Waals surface area contributed by atoms with E-state index in [2.05, 4.69) is 15.6 Å². The molecule has 0 aliphatic carbocycles. The van der Waals surface area contributed by atoms with Crippen LogP contribution in [-0.2, 0) is 0 Å². The first-order valence-corrected chi connectivity index (χ1v) is 8.28. The second kappa shape index (κ2) is 7.25. The molecular formula is C19H21ClN4O. The maximum atomic E-state index is 12.8. The van der Waals surface area contributed by atoms with Crippen LogP contribution < -0.4 is 16.2 Å². The van der Waals surface area contributed by atoms with Gasteiger partial charge in [0.1, 0.15) is 5.65 Å². The number of nitrogens with one attached hydrogen (secondary N) is 2. The van der Waals surface area contributed by atoms with E-state index >= 15 is 0 Å². The lowest BCUT2D eigenvalue weighted by atomic mass is 10.0. The summed E-state index contributed by atoms with van der Waals surface area (Å²) in [6.07, 6.45) is 2.90. The molecule has 1 aliphatic rings. The highest BCUT2D eigenvalue weighted by atomic mass is 35.5. The topological polar surface area (TPSA) is 58.4 Å². The largest absolute Gasteiger partial charge is 0.381 e. The van der Waals surface area contributed by atoms with Gasteiger partial charge in [0.05, 0.1) is 11.3 Å². The van der Waals surface area contributed by atoms with E-state index in [0.29, 0.717) is 17.3 Å². The van der Waals surface area contributed by atoms with E-state index in [4.69, 9.17) is 0 Å². The predicted molar refractivity (Wildman–Crippen MR) is 104 cm³/mol. The Morgan fingerprint density at radius 1 is 1.20 bits per heavy atom. The Morgan fingerprint density at radius 3 is 2.72 bits per heavy atom. The van der Waals surface area contributed by atoms with Crippen molar-refractivity contribution in [3.63, 3.8) is 0 Å². The van der Waals surface area contributed by atoms with E-state index in [1.54, 1.807) is 10.6 Å². The number of pyridine rings is 1. The number of fused-ring (bicyclic) bond motifs is 1. The second-order valence-corrected chi connectivity index (χ2v) is 6.22. The molecule has 0 saturated carbocycles. The number of hydrogen-bond acceptors (Lipinski definition) is 4. The normalized spacial score (nSPS) is 16.6. The zero-order chi connectivity index (χ0) is 16.5. The summed E-state index contributed by atoms with van der Waals surface area (Å²) in [6, 6.07) is 14.1. The third-order valence-electron chi connectivity index (χ3n) is 4.52. The number of anilines is 1. The lowest BCUT2D eigenvalue weighted by Crippen LogP contribution is -2.22. The molecule has 3 heterocycles. The van der Waals surface area contributed by atoms with E-state index in [0.717, 1.165) is 36.5 Å². The maximum Gasteiger partial charge on any atom is 0.265 e. The van der Waals surface area contributed by atoms with Crippen molar-refractivity contribution in [2.45, 2.75) is 19.4 Å². The van der Waals surface area contributed by atoms with Gasteiger partial charge in [0.25, 0.3) is 5.56 Å². The van der Waals surface area contributed by atoms with Crippen LogP contribution in [0.3, 0.4) is 0 Å². The standard InChI is InChI=1S/C19H20N4O.ClH/c1-13-18(19(24)23-11-3-2-4-17(23)21-13)14-5-7-15(8-6-14)22-16-9-10-20-12-16;/h2-8,11,16,20,22H,9-10,12H2,1H3;1H. The molecule has 1 fully saturated rings. The van der Waals surface area contributed by atoms with Gasteiger partial charge in [0, 0.05) is 24.5 Å². The summed E-state index contributed by atoms with van der Waals surface area (Å²) in [5.41, 5.74) is 4.05. The summed E-state index contributed by atoms with van der Waals surface area (Å²) in [4.78, 5) is 17.4. The van der Waals surface area contributed by atoms with Gasteiger partial charge in [-0.1, -0.05) is 18.2 Å². The quantitative estimate of drug-likeness (QED) is 0.757. The van der Waals surface area contributed by atoms with Crippen molar-refractivity contribution in [1.82, 2.24) is 14.7 Å². The van der Waals surface area contributed by atoms with Crippen molar-refractivity contribution in [1.29, 1.82) is 0 Å². The van der Waals surface area contributed by atoms with Crippen molar-refractivity contribution in [2.24, 2.45) is 0 Å². The summed E-state index contributed by atoms with van der Waals surface area (Å²) < 4.78 is 1.60. The molecule has 1 aromatic carbocycles. The number of hydrogen-bond donors (Lipinski definition) is 2. The first kappa shape index (κ1) is 17.5. The maximum absolute atomic E-state index is 12.8. The van der Waals surface area contributed by atoms with Crippen LogP contribution in [0.25, 0.3) is 16.8 Å². The predicted octanol–water partition coefficient (Wildman–Crippen LogP) is 2.87. The Bertz CT molecular complexity index is 930. The molecule has 2 aromatic heterocycles. The molecule has 25 heavy (non-hydrogen) atoms. The molecule has 3 aromatic rings. The molecule has 1 unspecified atom stereocenters. The van der Waals surface area contributed by atoms with Crippen LogP contribution >= 0.6 is 12.4 Å². The van der Waals surface area contributed by atoms with Crippen molar-refractivity contribution < 1.29 is 0 Å². The number of aromatic nitrogens is 2. The van der Waals surface area contributed by atoms with Crippen LogP contribution in [-0.4, -0.2) is 28.5 Å². The lowest BCUT2D eigenvalue weighted by Gasteiger charge is -2.13. The minimum absolute atomic E-state index is 0. The van der Waals surface area contributed by atoms with Gasteiger partial charge >= 0.3 is 0 Å². The molecule has 130 valence electrons. The van der Waals surface area contributed by atoms with Gasteiger partial charge < -0.3 is 10.6 Å². The molecule has 2 N–H and O–H groups in total. The fourth-order valence-corrected chi connectivity index (χ4v) is 3.28. The Balaban J connectivity index is 0.00000182. The van der Waals surface area contributed by atoms with Crippen LogP contribution in [0.1, 0.15) is 12.1 Å². The molecule has 1 atom stereocenters. The van der Waals surface area contributed by atoms with Gasteiger partial charge in [-0.05, 0) is 49.7 Å². The Morgan fingerprint density at radius 2 is 2.00 bits per heavy atom. The van der Waals surface area contributed by atoms with Crippen LogP contribution in [0, 0.1) is 6.92 Å². The van der Waals surface area contributed by atoms with Crippen molar-refractivity contribution in [3.8, 4) is 11.1 Å². The van der Waals surface area contributed by atoms with Gasteiger partial charge in [0.2, 0.25) is 0 Å². The highest BCUT2D eigenvalue weighted by Crippen LogP contribution is 2.22. The van der Waals surface area contributed by atoms with Crippen LogP contribution in [0.15, 0.2) is 53.5 Å². The summed E-state index contributed by atoms with van der Waals surface area (Å²) in [7, 11) is 0. The van der Waals surface area contributed by atoms with Gasteiger partial charge in [-0.2, -0.15) is 0 Å². The second-order valence-electron chi connectivity index (χ2n) is 6.22. The fourth-order valence-electron chi connectivity index (χ4n) is 3.28. The molecule has 0 spiro atoms. The number of halogens is 1. The Labute approximate surface area is 152 Å². The molecule has 0 radical (unpaired) electrons. The molecule has 5 nitrogen and oxygen atoms in total. The highest BCUT2D eigenvalue weighted by Gasteiger charge is 2.15. The van der Waals surface area contributed by atoms with Crippen LogP contribution in [0.4, 0.5) is 5.69 Å². The SMILES string of the molecule is Cc1nc2ccccn2c(=O)c1-c1ccc(NC2CCNC2)cc1.Cl. The number of aryl methyl sites for hydroxylation is 1. The van der Waals surface area contributed by atoms with Gasteiger partial charge in [-0.15, -0.1) is 12.4 Å². The van der Waals surface area contributed by atoms with Crippen LogP contribution in [0.2, 0.25) is 0 Å². The molecule has 6 heteroatoms. The van der Waals surface area contributed by atoms with Gasteiger partial charge in [-0.3, -0.25) is 9.20 Å².